The highest BCUT2D eigenvalue weighted by atomic mass is 35.5. The van der Waals surface area contributed by atoms with Gasteiger partial charge in [-0.3, -0.25) is 0 Å². The summed E-state index contributed by atoms with van der Waals surface area (Å²) in [4.78, 5) is 0. The number of sulfonamides is 1. The Bertz CT molecular complexity index is 287. The molecule has 0 aromatic rings. The zero-order chi connectivity index (χ0) is 10.8. The molecule has 1 aliphatic rings. The van der Waals surface area contributed by atoms with Gasteiger partial charge in [0.05, 0.1) is 5.75 Å². The Morgan fingerprint density at radius 3 is 2.57 bits per heavy atom. The molecule has 1 aliphatic heterocycles. The van der Waals surface area contributed by atoms with Crippen LogP contribution < -0.4 is 0 Å². The van der Waals surface area contributed by atoms with Crippen molar-refractivity contribution in [3.63, 3.8) is 0 Å². The van der Waals surface area contributed by atoms with Crippen molar-refractivity contribution in [3.8, 4) is 0 Å². The summed E-state index contributed by atoms with van der Waals surface area (Å²) in [5.41, 5.74) is 0.109. The van der Waals surface area contributed by atoms with Gasteiger partial charge in [0, 0.05) is 19.0 Å². The van der Waals surface area contributed by atoms with Crippen LogP contribution in [0.5, 0.6) is 0 Å². The van der Waals surface area contributed by atoms with Crippen molar-refractivity contribution in [2.75, 3.05) is 24.7 Å². The Hall–Kier alpha value is 0.200. The number of hydrogen-bond acceptors (Lipinski definition) is 2. The standard InChI is InChI=1S/C9H18ClNO2S/c1-9(2)4-3-6-11(8-9)14(12,13)7-5-10/h3-8H2,1-2H3. The molecule has 0 bridgehead atoms. The van der Waals surface area contributed by atoms with Crippen LogP contribution in [-0.4, -0.2) is 37.4 Å². The second-order valence-corrected chi connectivity index (χ2v) is 7.07. The fourth-order valence-electron chi connectivity index (χ4n) is 1.83. The van der Waals surface area contributed by atoms with Crippen LogP contribution in [0.2, 0.25) is 0 Å². The number of piperidine rings is 1. The Morgan fingerprint density at radius 2 is 2.07 bits per heavy atom. The van der Waals surface area contributed by atoms with Crippen molar-refractivity contribution in [3.05, 3.63) is 0 Å². The third-order valence-electron chi connectivity index (χ3n) is 2.59. The lowest BCUT2D eigenvalue weighted by Crippen LogP contribution is -2.44. The predicted molar refractivity (Wildman–Crippen MR) is 59.1 cm³/mol. The minimum Gasteiger partial charge on any atom is -0.212 e. The van der Waals surface area contributed by atoms with Gasteiger partial charge < -0.3 is 0 Å². The van der Waals surface area contributed by atoms with Crippen LogP contribution in [0.4, 0.5) is 0 Å². The van der Waals surface area contributed by atoms with Gasteiger partial charge in [-0.05, 0) is 18.3 Å². The van der Waals surface area contributed by atoms with E-state index in [-0.39, 0.29) is 17.0 Å². The fourth-order valence-corrected chi connectivity index (χ4v) is 3.83. The Kier molecular flexibility index (Phi) is 3.83. The third-order valence-corrected chi connectivity index (χ3v) is 4.83. The van der Waals surface area contributed by atoms with Gasteiger partial charge in [0.25, 0.3) is 0 Å². The molecule has 1 fully saturated rings. The molecule has 0 spiro atoms. The first-order valence-corrected chi connectivity index (χ1v) is 7.06. The maximum absolute atomic E-state index is 11.7. The largest absolute Gasteiger partial charge is 0.215 e. The quantitative estimate of drug-likeness (QED) is 0.703. The van der Waals surface area contributed by atoms with E-state index in [0.717, 1.165) is 12.8 Å². The molecule has 5 heteroatoms. The molecule has 0 radical (unpaired) electrons. The number of hydrogen-bond donors (Lipinski definition) is 0. The first kappa shape index (κ1) is 12.3. The zero-order valence-electron chi connectivity index (χ0n) is 8.79. The molecular formula is C9H18ClNO2S. The molecule has 14 heavy (non-hydrogen) atoms. The predicted octanol–water partition coefficient (Wildman–Crippen LogP) is 1.68. The second-order valence-electron chi connectivity index (χ2n) is 4.61. The van der Waals surface area contributed by atoms with Gasteiger partial charge in [0.15, 0.2) is 0 Å². The lowest BCUT2D eigenvalue weighted by molar-refractivity contribution is 0.187. The maximum Gasteiger partial charge on any atom is 0.215 e. The molecule has 1 saturated heterocycles. The molecule has 0 saturated carbocycles. The van der Waals surface area contributed by atoms with Crippen molar-refractivity contribution < 1.29 is 8.42 Å². The van der Waals surface area contributed by atoms with Gasteiger partial charge in [-0.2, -0.15) is 0 Å². The molecule has 84 valence electrons. The summed E-state index contributed by atoms with van der Waals surface area (Å²) in [5.74, 6) is 0.240. The van der Waals surface area contributed by atoms with E-state index in [1.807, 2.05) is 0 Å². The number of nitrogens with zero attached hydrogens (tertiary/aromatic N) is 1. The Balaban J connectivity index is 2.69. The van der Waals surface area contributed by atoms with Crippen LogP contribution in [0.15, 0.2) is 0 Å². The molecule has 1 heterocycles. The van der Waals surface area contributed by atoms with E-state index in [2.05, 4.69) is 13.8 Å². The topological polar surface area (TPSA) is 37.4 Å². The normalized spacial score (nSPS) is 23.6. The highest BCUT2D eigenvalue weighted by Gasteiger charge is 2.32. The summed E-state index contributed by atoms with van der Waals surface area (Å²) in [5, 5.41) is 0. The van der Waals surface area contributed by atoms with E-state index in [9.17, 15) is 8.42 Å². The van der Waals surface area contributed by atoms with Crippen molar-refractivity contribution >= 4 is 21.6 Å². The van der Waals surface area contributed by atoms with Gasteiger partial charge in [0.2, 0.25) is 10.0 Å². The molecule has 0 aromatic carbocycles. The van der Waals surface area contributed by atoms with Gasteiger partial charge in [-0.15, -0.1) is 11.6 Å². The van der Waals surface area contributed by atoms with Crippen LogP contribution in [0.3, 0.4) is 0 Å². The van der Waals surface area contributed by atoms with E-state index >= 15 is 0 Å². The van der Waals surface area contributed by atoms with Gasteiger partial charge in [-0.1, -0.05) is 13.8 Å². The third kappa shape index (κ3) is 3.11. The van der Waals surface area contributed by atoms with E-state index in [4.69, 9.17) is 11.6 Å². The maximum atomic E-state index is 11.7. The molecular weight excluding hydrogens is 222 g/mol. The Morgan fingerprint density at radius 1 is 1.43 bits per heavy atom. The highest BCUT2D eigenvalue weighted by Crippen LogP contribution is 2.29. The lowest BCUT2D eigenvalue weighted by Gasteiger charge is -2.37. The van der Waals surface area contributed by atoms with Crippen LogP contribution >= 0.6 is 11.6 Å². The minimum absolute atomic E-state index is 0.0602. The minimum atomic E-state index is -3.10. The van der Waals surface area contributed by atoms with E-state index in [0.29, 0.717) is 13.1 Å². The Labute approximate surface area is 91.5 Å². The van der Waals surface area contributed by atoms with E-state index in [1.54, 1.807) is 4.31 Å². The van der Waals surface area contributed by atoms with E-state index in [1.165, 1.54) is 0 Å². The molecule has 0 atom stereocenters. The van der Waals surface area contributed by atoms with Crippen molar-refractivity contribution in [2.24, 2.45) is 5.41 Å². The van der Waals surface area contributed by atoms with Crippen molar-refractivity contribution in [2.45, 2.75) is 26.7 Å². The summed E-state index contributed by atoms with van der Waals surface area (Å²) in [6, 6.07) is 0. The lowest BCUT2D eigenvalue weighted by atomic mass is 9.85. The second kappa shape index (κ2) is 4.37. The first-order valence-electron chi connectivity index (χ1n) is 4.91. The average Bonchev–Trinajstić information content (AvgIpc) is 2.02. The van der Waals surface area contributed by atoms with Gasteiger partial charge in [0.1, 0.15) is 0 Å². The molecule has 0 unspecified atom stereocenters. The first-order chi connectivity index (χ1) is 6.37. The average molecular weight is 240 g/mol. The molecule has 0 N–H and O–H groups in total. The van der Waals surface area contributed by atoms with Gasteiger partial charge >= 0.3 is 0 Å². The molecule has 0 aromatic heterocycles. The molecule has 1 rings (SSSR count). The fraction of sp³-hybridized carbons (Fsp3) is 1.00. The van der Waals surface area contributed by atoms with E-state index < -0.39 is 10.0 Å². The monoisotopic (exact) mass is 239 g/mol. The van der Waals surface area contributed by atoms with Crippen molar-refractivity contribution in [1.82, 2.24) is 4.31 Å². The molecule has 3 nitrogen and oxygen atoms in total. The van der Waals surface area contributed by atoms with Crippen LogP contribution in [-0.2, 0) is 10.0 Å². The summed E-state index contributed by atoms with van der Waals surface area (Å²) in [6.45, 7) is 5.50. The summed E-state index contributed by atoms with van der Waals surface area (Å²) >= 11 is 5.47. The SMILES string of the molecule is CC1(C)CCCN(S(=O)(=O)CCCl)C1. The smallest absolute Gasteiger partial charge is 0.212 e. The molecule has 0 aliphatic carbocycles. The number of alkyl halides is 1. The summed E-state index contributed by atoms with van der Waals surface area (Å²) in [6.07, 6.45) is 2.05. The number of rotatable bonds is 3. The summed E-state index contributed by atoms with van der Waals surface area (Å²) in [7, 11) is -3.10. The van der Waals surface area contributed by atoms with Crippen LogP contribution in [0.1, 0.15) is 26.7 Å². The highest BCUT2D eigenvalue weighted by molar-refractivity contribution is 7.89. The van der Waals surface area contributed by atoms with Crippen LogP contribution in [0.25, 0.3) is 0 Å². The van der Waals surface area contributed by atoms with Gasteiger partial charge in [-0.25, -0.2) is 12.7 Å². The van der Waals surface area contributed by atoms with Crippen molar-refractivity contribution in [1.29, 1.82) is 0 Å². The number of halogens is 1. The summed E-state index contributed by atoms with van der Waals surface area (Å²) < 4.78 is 25.0. The van der Waals surface area contributed by atoms with Crippen LogP contribution in [0, 0.1) is 5.41 Å². The molecule has 0 amide bonds. The zero-order valence-corrected chi connectivity index (χ0v) is 10.4.